The molecule has 0 unspecified atom stereocenters. The molecule has 1 aliphatic carbocycles. The lowest BCUT2D eigenvalue weighted by Crippen LogP contribution is -2.00. The Morgan fingerprint density at radius 2 is 1.92 bits per heavy atom. The molecule has 0 saturated carbocycles. The molecule has 0 aliphatic heterocycles. The van der Waals surface area contributed by atoms with Gasteiger partial charge in [0.05, 0.1) is 5.56 Å². The molecule has 3 aromatic rings. The summed E-state index contributed by atoms with van der Waals surface area (Å²) in [7, 11) is 0. The Hall–Kier alpha value is -2.16. The van der Waals surface area contributed by atoms with Gasteiger partial charge in [0, 0.05) is 15.5 Å². The van der Waals surface area contributed by atoms with Gasteiger partial charge in [0.15, 0.2) is 5.82 Å². The Bertz CT molecular complexity index is 918. The summed E-state index contributed by atoms with van der Waals surface area (Å²) < 4.78 is 1.79. The number of aryl methyl sites for hydroxylation is 1. The number of hydrogen-bond acceptors (Lipinski definition) is 4. The number of hydrogen-bond donors (Lipinski definition) is 0. The Kier molecular flexibility index (Phi) is 4.09. The topological polar surface area (TPSA) is 54.5 Å². The predicted molar refractivity (Wildman–Crippen MR) is 95.7 cm³/mol. The fraction of sp³-hybridized carbons (Fsp3) is 0.278. The molecule has 0 fully saturated rings. The summed E-state index contributed by atoms with van der Waals surface area (Å²) in [6, 6.07) is 9.93. The van der Waals surface area contributed by atoms with E-state index in [1.165, 1.54) is 29.6 Å². The van der Waals surface area contributed by atoms with Crippen molar-refractivity contribution in [1.82, 2.24) is 14.8 Å². The number of thiophene rings is 1. The zero-order valence-corrected chi connectivity index (χ0v) is 14.6. The van der Waals surface area contributed by atoms with Crippen LogP contribution in [-0.4, -0.2) is 14.8 Å². The normalized spacial score (nSPS) is 14.0. The molecule has 0 amide bonds. The monoisotopic (exact) mass is 354 g/mol. The Labute approximate surface area is 149 Å². The van der Waals surface area contributed by atoms with Crippen LogP contribution in [0.1, 0.15) is 35.3 Å². The molecule has 0 atom stereocenters. The third-order valence-corrected chi connectivity index (χ3v) is 5.88. The van der Waals surface area contributed by atoms with Gasteiger partial charge < -0.3 is 0 Å². The molecule has 0 N–H and O–H groups in total. The van der Waals surface area contributed by atoms with Crippen molar-refractivity contribution >= 4 is 22.9 Å². The standard InChI is InChI=1S/C18H15ClN4S/c19-13-8-6-12(7-9-13)17-21-11-22-23(17)18-15(10-20)14-4-2-1-3-5-16(14)24-18/h6-9,11H,1-5H2. The van der Waals surface area contributed by atoms with E-state index in [4.69, 9.17) is 11.6 Å². The number of nitrogens with zero attached hydrogens (tertiary/aromatic N) is 4. The molecule has 2 aromatic heterocycles. The maximum atomic E-state index is 9.73. The van der Waals surface area contributed by atoms with E-state index in [2.05, 4.69) is 16.2 Å². The number of halogens is 1. The number of rotatable bonds is 2. The fourth-order valence-corrected chi connectivity index (χ4v) is 4.60. The zero-order valence-electron chi connectivity index (χ0n) is 13.0. The summed E-state index contributed by atoms with van der Waals surface area (Å²) >= 11 is 7.66. The minimum Gasteiger partial charge on any atom is -0.215 e. The third kappa shape index (κ3) is 2.62. The molecule has 0 saturated heterocycles. The Balaban J connectivity index is 1.85. The van der Waals surface area contributed by atoms with Gasteiger partial charge in [0.1, 0.15) is 17.4 Å². The quantitative estimate of drug-likeness (QED) is 0.622. The van der Waals surface area contributed by atoms with Gasteiger partial charge in [-0.2, -0.15) is 10.4 Å². The maximum absolute atomic E-state index is 9.73. The van der Waals surface area contributed by atoms with Crippen molar-refractivity contribution < 1.29 is 0 Å². The minimum atomic E-state index is 0.686. The highest BCUT2D eigenvalue weighted by Gasteiger charge is 2.23. The van der Waals surface area contributed by atoms with Crippen LogP contribution < -0.4 is 0 Å². The summed E-state index contributed by atoms with van der Waals surface area (Å²) in [6.07, 6.45) is 7.16. The summed E-state index contributed by atoms with van der Waals surface area (Å²) in [6.45, 7) is 0. The van der Waals surface area contributed by atoms with E-state index in [1.807, 2.05) is 24.3 Å². The molecule has 4 nitrogen and oxygen atoms in total. The van der Waals surface area contributed by atoms with Crippen molar-refractivity contribution in [3.05, 3.63) is 51.6 Å². The van der Waals surface area contributed by atoms with Crippen LogP contribution in [0.3, 0.4) is 0 Å². The van der Waals surface area contributed by atoms with Gasteiger partial charge >= 0.3 is 0 Å². The lowest BCUT2D eigenvalue weighted by molar-refractivity contribution is 0.712. The highest BCUT2D eigenvalue weighted by atomic mass is 35.5. The van der Waals surface area contributed by atoms with Gasteiger partial charge in [-0.05, 0) is 55.5 Å². The van der Waals surface area contributed by atoms with E-state index < -0.39 is 0 Å². The number of aromatic nitrogens is 3. The van der Waals surface area contributed by atoms with E-state index in [9.17, 15) is 5.26 Å². The molecular weight excluding hydrogens is 340 g/mol. The lowest BCUT2D eigenvalue weighted by Gasteiger charge is -2.05. The Morgan fingerprint density at radius 1 is 1.12 bits per heavy atom. The van der Waals surface area contributed by atoms with Gasteiger partial charge in [-0.15, -0.1) is 11.3 Å². The molecule has 1 aliphatic rings. The third-order valence-electron chi connectivity index (χ3n) is 4.36. The van der Waals surface area contributed by atoms with Gasteiger partial charge in [-0.3, -0.25) is 0 Å². The smallest absolute Gasteiger partial charge is 0.164 e. The first-order valence-corrected chi connectivity index (χ1v) is 9.18. The van der Waals surface area contributed by atoms with Crippen LogP contribution in [-0.2, 0) is 12.8 Å². The Morgan fingerprint density at radius 3 is 2.71 bits per heavy atom. The number of fused-ring (bicyclic) bond motifs is 1. The second kappa shape index (κ2) is 6.39. The molecule has 4 rings (SSSR count). The summed E-state index contributed by atoms with van der Waals surface area (Å²) in [5.74, 6) is 0.736. The highest BCUT2D eigenvalue weighted by Crippen LogP contribution is 2.36. The van der Waals surface area contributed by atoms with Crippen LogP contribution in [0.25, 0.3) is 16.4 Å². The van der Waals surface area contributed by atoms with Gasteiger partial charge in [0.2, 0.25) is 0 Å². The lowest BCUT2D eigenvalue weighted by atomic mass is 10.1. The van der Waals surface area contributed by atoms with Crippen LogP contribution in [0.4, 0.5) is 0 Å². The molecule has 0 radical (unpaired) electrons. The average molecular weight is 355 g/mol. The SMILES string of the molecule is N#Cc1c(-n2ncnc2-c2ccc(Cl)cc2)sc2c1CCCCC2. The van der Waals surface area contributed by atoms with Crippen molar-refractivity contribution in [2.24, 2.45) is 0 Å². The van der Waals surface area contributed by atoms with Gasteiger partial charge in [0.25, 0.3) is 0 Å². The first kappa shape index (κ1) is 15.4. The number of benzene rings is 1. The predicted octanol–water partition coefficient (Wildman–Crippen LogP) is 4.79. The molecule has 1 aromatic carbocycles. The summed E-state index contributed by atoms with van der Waals surface area (Å²) in [5, 5.41) is 15.7. The van der Waals surface area contributed by atoms with E-state index in [-0.39, 0.29) is 0 Å². The molecule has 24 heavy (non-hydrogen) atoms. The van der Waals surface area contributed by atoms with E-state index in [0.717, 1.165) is 41.2 Å². The molecule has 0 spiro atoms. The van der Waals surface area contributed by atoms with Crippen LogP contribution in [0.15, 0.2) is 30.6 Å². The van der Waals surface area contributed by atoms with Gasteiger partial charge in [-0.25, -0.2) is 9.67 Å². The second-order valence-corrected chi connectivity index (χ2v) is 7.38. The van der Waals surface area contributed by atoms with E-state index in [1.54, 1.807) is 16.0 Å². The second-order valence-electron chi connectivity index (χ2n) is 5.86. The minimum absolute atomic E-state index is 0.686. The average Bonchev–Trinajstić information content (AvgIpc) is 3.14. The van der Waals surface area contributed by atoms with Crippen LogP contribution >= 0.6 is 22.9 Å². The first-order valence-electron chi connectivity index (χ1n) is 7.99. The highest BCUT2D eigenvalue weighted by molar-refractivity contribution is 7.15. The summed E-state index contributed by atoms with van der Waals surface area (Å²) in [4.78, 5) is 5.73. The van der Waals surface area contributed by atoms with Crippen molar-refractivity contribution in [2.75, 3.05) is 0 Å². The van der Waals surface area contributed by atoms with E-state index >= 15 is 0 Å². The fourth-order valence-electron chi connectivity index (χ4n) is 3.18. The van der Waals surface area contributed by atoms with Crippen molar-refractivity contribution in [3.8, 4) is 22.5 Å². The largest absolute Gasteiger partial charge is 0.215 e. The molecule has 2 heterocycles. The molecule has 120 valence electrons. The van der Waals surface area contributed by atoms with Crippen LogP contribution in [0.2, 0.25) is 5.02 Å². The van der Waals surface area contributed by atoms with Crippen molar-refractivity contribution in [3.63, 3.8) is 0 Å². The number of nitriles is 1. The van der Waals surface area contributed by atoms with Crippen LogP contribution in [0.5, 0.6) is 0 Å². The molecular formula is C18H15ClN4S. The molecule has 6 heteroatoms. The van der Waals surface area contributed by atoms with Gasteiger partial charge in [-0.1, -0.05) is 18.0 Å². The zero-order chi connectivity index (χ0) is 16.5. The summed E-state index contributed by atoms with van der Waals surface area (Å²) in [5.41, 5.74) is 2.91. The van der Waals surface area contributed by atoms with Crippen molar-refractivity contribution in [1.29, 1.82) is 5.26 Å². The molecule has 0 bridgehead atoms. The van der Waals surface area contributed by atoms with E-state index in [0.29, 0.717) is 5.02 Å². The maximum Gasteiger partial charge on any atom is 0.164 e. The van der Waals surface area contributed by atoms with Crippen molar-refractivity contribution in [2.45, 2.75) is 32.1 Å². The van der Waals surface area contributed by atoms with Crippen LogP contribution in [0, 0.1) is 11.3 Å². The first-order chi connectivity index (χ1) is 11.8.